The van der Waals surface area contributed by atoms with E-state index >= 15 is 0 Å². The molecule has 34 heavy (non-hydrogen) atoms. The van der Waals surface area contributed by atoms with Crippen LogP contribution < -0.4 is 10.6 Å². The van der Waals surface area contributed by atoms with Gasteiger partial charge in [0.1, 0.15) is 5.58 Å². The number of guanidine groups is 1. The van der Waals surface area contributed by atoms with E-state index in [0.717, 1.165) is 62.1 Å². The lowest BCUT2D eigenvalue weighted by Crippen LogP contribution is -2.48. The Labute approximate surface area is 199 Å². The number of aromatic nitrogens is 1. The van der Waals surface area contributed by atoms with Crippen LogP contribution in [-0.2, 0) is 0 Å². The molecule has 3 heterocycles. The van der Waals surface area contributed by atoms with Crippen molar-refractivity contribution >= 4 is 28.5 Å². The van der Waals surface area contributed by atoms with Gasteiger partial charge in [0.05, 0.1) is 0 Å². The molecule has 2 aromatic heterocycles. The van der Waals surface area contributed by atoms with Gasteiger partial charge in [0, 0.05) is 56.2 Å². The minimum Gasteiger partial charge on any atom is -0.451 e. The van der Waals surface area contributed by atoms with Gasteiger partial charge in [0.25, 0.3) is 5.91 Å². The van der Waals surface area contributed by atoms with Gasteiger partial charge in [-0.2, -0.15) is 5.26 Å². The van der Waals surface area contributed by atoms with Crippen molar-refractivity contribution < 1.29 is 9.21 Å². The van der Waals surface area contributed by atoms with Crippen LogP contribution in [0, 0.1) is 11.5 Å². The topological polar surface area (TPSA) is 110 Å². The number of carbonyl (C=O) groups is 1. The summed E-state index contributed by atoms with van der Waals surface area (Å²) < 4.78 is 5.73. The number of nitriles is 1. The van der Waals surface area contributed by atoms with Gasteiger partial charge in [-0.15, -0.1) is 4.99 Å². The van der Waals surface area contributed by atoms with Gasteiger partial charge in [0.15, 0.2) is 5.76 Å². The molecule has 3 aromatic rings. The third-order valence-corrected chi connectivity index (χ3v) is 5.84. The van der Waals surface area contributed by atoms with Crippen molar-refractivity contribution in [3.63, 3.8) is 0 Å². The van der Waals surface area contributed by atoms with Gasteiger partial charge >= 0.3 is 0 Å². The smallest absolute Gasteiger partial charge is 0.289 e. The monoisotopic (exact) mass is 459 g/mol. The Bertz CT molecular complexity index is 1110. The highest BCUT2D eigenvalue weighted by atomic mass is 16.3. The molecule has 0 unspecified atom stereocenters. The van der Waals surface area contributed by atoms with Gasteiger partial charge in [-0.05, 0) is 43.7 Å². The number of nitrogens with zero attached hydrogens (tertiary/aromatic N) is 5. The van der Waals surface area contributed by atoms with Crippen LogP contribution in [0.25, 0.3) is 11.0 Å². The van der Waals surface area contributed by atoms with Crippen molar-refractivity contribution in [2.75, 3.05) is 44.6 Å². The number of piperazine rings is 1. The van der Waals surface area contributed by atoms with E-state index in [4.69, 9.17) is 9.68 Å². The van der Waals surface area contributed by atoms with E-state index < -0.39 is 0 Å². The van der Waals surface area contributed by atoms with Crippen LogP contribution in [0.1, 0.15) is 29.8 Å². The summed E-state index contributed by atoms with van der Waals surface area (Å²) in [5, 5.41) is 16.1. The van der Waals surface area contributed by atoms with Crippen molar-refractivity contribution in [3.8, 4) is 6.19 Å². The van der Waals surface area contributed by atoms with E-state index in [1.54, 1.807) is 12.4 Å². The molecule has 9 nitrogen and oxygen atoms in total. The predicted octanol–water partition coefficient (Wildman–Crippen LogP) is 3.29. The molecule has 176 valence electrons. The quantitative estimate of drug-likeness (QED) is 0.230. The van der Waals surface area contributed by atoms with E-state index in [2.05, 4.69) is 25.5 Å². The highest BCUT2D eigenvalue weighted by Crippen LogP contribution is 2.20. The van der Waals surface area contributed by atoms with Crippen LogP contribution in [0.5, 0.6) is 0 Å². The second kappa shape index (κ2) is 11.8. The second-order valence-corrected chi connectivity index (χ2v) is 8.19. The Morgan fingerprint density at radius 1 is 1.09 bits per heavy atom. The maximum absolute atomic E-state index is 12.8. The normalized spacial score (nSPS) is 14.7. The number of fused-ring (bicyclic) bond motifs is 1. The summed E-state index contributed by atoms with van der Waals surface area (Å²) in [6, 6.07) is 13.2. The molecular weight excluding hydrogens is 430 g/mol. The van der Waals surface area contributed by atoms with Crippen LogP contribution in [0.3, 0.4) is 0 Å². The molecule has 0 atom stereocenters. The van der Waals surface area contributed by atoms with Gasteiger partial charge in [-0.1, -0.05) is 24.6 Å². The first-order chi connectivity index (χ1) is 16.7. The zero-order chi connectivity index (χ0) is 23.6. The van der Waals surface area contributed by atoms with Gasteiger partial charge in [0.2, 0.25) is 12.2 Å². The van der Waals surface area contributed by atoms with Crippen molar-refractivity contribution in [3.05, 3.63) is 60.6 Å². The Kier molecular flexibility index (Phi) is 8.08. The fraction of sp³-hybridized carbons (Fsp3) is 0.360. The first-order valence-corrected chi connectivity index (χ1v) is 11.6. The molecule has 0 aliphatic carbocycles. The summed E-state index contributed by atoms with van der Waals surface area (Å²) in [5.74, 6) is 0.830. The largest absolute Gasteiger partial charge is 0.451 e. The molecule has 1 aromatic carbocycles. The number of unbranched alkanes of at least 4 members (excludes halogenated alkanes) is 2. The van der Waals surface area contributed by atoms with Crippen LogP contribution >= 0.6 is 0 Å². The number of carbonyl (C=O) groups excluding carboxylic acids is 1. The second-order valence-electron chi connectivity index (χ2n) is 8.19. The molecule has 1 fully saturated rings. The number of furan rings is 1. The Morgan fingerprint density at radius 3 is 2.65 bits per heavy atom. The fourth-order valence-corrected chi connectivity index (χ4v) is 4.00. The number of aliphatic imine (C=N–C) groups is 1. The molecule has 1 amide bonds. The van der Waals surface area contributed by atoms with Crippen LogP contribution in [-0.4, -0.2) is 65.9 Å². The molecule has 1 aliphatic heterocycles. The molecule has 1 aliphatic rings. The number of hydrogen-bond acceptors (Lipinski definition) is 6. The summed E-state index contributed by atoms with van der Waals surface area (Å²) in [4.78, 5) is 24.9. The fourth-order valence-electron chi connectivity index (χ4n) is 4.00. The van der Waals surface area contributed by atoms with Gasteiger partial charge in [-0.25, -0.2) is 0 Å². The standard InChI is InChI=1S/C25H29N7O2/c26-19-29-25(30-21-8-11-27-12-9-21)28-10-4-1-5-13-31-14-16-32(17-15-31)24(33)23-18-20-6-2-3-7-22(20)34-23/h2-3,6-9,11-12,18H,1,4-5,10,13-17H2,(H2,27,28,29,30). The summed E-state index contributed by atoms with van der Waals surface area (Å²) in [5.41, 5.74) is 1.58. The third kappa shape index (κ3) is 6.33. The third-order valence-electron chi connectivity index (χ3n) is 5.84. The predicted molar refractivity (Wildman–Crippen MR) is 131 cm³/mol. The van der Waals surface area contributed by atoms with Crippen molar-refractivity contribution in [1.82, 2.24) is 20.1 Å². The van der Waals surface area contributed by atoms with Gasteiger partial charge < -0.3 is 20.0 Å². The average Bonchev–Trinajstić information content (AvgIpc) is 3.31. The lowest BCUT2D eigenvalue weighted by atomic mass is 10.2. The minimum atomic E-state index is -0.0304. The molecule has 0 radical (unpaired) electrons. The van der Waals surface area contributed by atoms with Crippen molar-refractivity contribution in [2.45, 2.75) is 19.3 Å². The van der Waals surface area contributed by atoms with Crippen molar-refractivity contribution in [2.24, 2.45) is 4.99 Å². The van der Waals surface area contributed by atoms with Crippen LogP contribution in [0.4, 0.5) is 5.69 Å². The summed E-state index contributed by atoms with van der Waals surface area (Å²) in [7, 11) is 0. The van der Waals surface area contributed by atoms with E-state index in [0.29, 0.717) is 24.8 Å². The Balaban J connectivity index is 1.11. The number of benzene rings is 1. The maximum atomic E-state index is 12.8. The highest BCUT2D eigenvalue weighted by molar-refractivity contribution is 5.96. The lowest BCUT2D eigenvalue weighted by molar-refractivity contribution is 0.0606. The van der Waals surface area contributed by atoms with Crippen LogP contribution in [0.2, 0.25) is 0 Å². The average molecular weight is 460 g/mol. The zero-order valence-electron chi connectivity index (χ0n) is 19.1. The van der Waals surface area contributed by atoms with E-state index in [1.807, 2.05) is 53.6 Å². The molecule has 0 spiro atoms. The van der Waals surface area contributed by atoms with E-state index in [-0.39, 0.29) is 5.91 Å². The van der Waals surface area contributed by atoms with Crippen molar-refractivity contribution in [1.29, 1.82) is 5.26 Å². The highest BCUT2D eigenvalue weighted by Gasteiger charge is 2.24. The number of para-hydroxylation sites is 1. The minimum absolute atomic E-state index is 0.0304. The molecule has 0 bridgehead atoms. The maximum Gasteiger partial charge on any atom is 0.289 e. The number of hydrogen-bond donors (Lipinski definition) is 2. The molecular formula is C25H29N7O2. The number of pyridine rings is 1. The van der Waals surface area contributed by atoms with E-state index in [1.165, 1.54) is 0 Å². The Morgan fingerprint density at radius 2 is 1.88 bits per heavy atom. The first-order valence-electron chi connectivity index (χ1n) is 11.6. The number of anilines is 1. The molecule has 2 N–H and O–H groups in total. The summed E-state index contributed by atoms with van der Waals surface area (Å²) in [6.07, 6.45) is 8.32. The number of rotatable bonds is 8. The number of amides is 1. The summed E-state index contributed by atoms with van der Waals surface area (Å²) >= 11 is 0. The molecule has 9 heteroatoms. The first kappa shape index (κ1) is 23.3. The molecule has 0 saturated carbocycles. The zero-order valence-corrected chi connectivity index (χ0v) is 19.1. The Hall–Kier alpha value is -3.90. The van der Waals surface area contributed by atoms with Crippen LogP contribution in [0.15, 0.2) is 64.3 Å². The SMILES string of the molecule is N#CN=C(NCCCCCN1CCN(C(=O)c2cc3ccccc3o2)CC1)Nc1ccncc1. The van der Waals surface area contributed by atoms with Gasteiger partial charge in [-0.3, -0.25) is 14.7 Å². The number of nitrogens with one attached hydrogen (secondary N) is 2. The summed E-state index contributed by atoms with van der Waals surface area (Å²) in [6.45, 7) is 4.93. The molecule has 4 rings (SSSR count). The van der Waals surface area contributed by atoms with E-state index in [9.17, 15) is 4.79 Å². The molecule has 1 saturated heterocycles. The lowest BCUT2D eigenvalue weighted by Gasteiger charge is -2.34.